The molecule has 4 heteroatoms. The summed E-state index contributed by atoms with van der Waals surface area (Å²) in [5.74, 6) is 0.140. The second-order valence-corrected chi connectivity index (χ2v) is 5.90. The van der Waals surface area contributed by atoms with Crippen molar-refractivity contribution in [2.45, 2.75) is 25.4 Å². The fraction of sp³-hybridized carbons (Fsp3) is 0.312. The molecule has 1 aliphatic carbocycles. The minimum absolute atomic E-state index is 0.140. The van der Waals surface area contributed by atoms with E-state index in [1.165, 1.54) is 5.56 Å². The van der Waals surface area contributed by atoms with Crippen LogP contribution in [-0.2, 0) is 6.54 Å². The van der Waals surface area contributed by atoms with Crippen LogP contribution in [0.15, 0.2) is 41.1 Å². The highest BCUT2D eigenvalue weighted by Crippen LogP contribution is 2.30. The Kier molecular flexibility index (Phi) is 3.74. The van der Waals surface area contributed by atoms with Gasteiger partial charge in [0.1, 0.15) is 0 Å². The first-order valence-corrected chi connectivity index (χ1v) is 7.82. The molecule has 1 N–H and O–H groups in total. The van der Waals surface area contributed by atoms with Gasteiger partial charge in [-0.15, -0.1) is 0 Å². The van der Waals surface area contributed by atoms with Crippen LogP contribution < -0.4 is 5.32 Å². The zero-order valence-corrected chi connectivity index (χ0v) is 12.3. The molecule has 0 saturated heterocycles. The molecule has 1 aliphatic rings. The van der Waals surface area contributed by atoms with Crippen LogP contribution in [0.25, 0.3) is 0 Å². The fourth-order valence-electron chi connectivity index (χ4n) is 2.28. The molecule has 1 aromatic carbocycles. The molecule has 2 aromatic rings. The maximum Gasteiger partial charge on any atom is 0.254 e. The number of amides is 1. The van der Waals surface area contributed by atoms with Crippen LogP contribution >= 0.6 is 11.3 Å². The molecular weight excluding hydrogens is 268 g/mol. The number of anilines is 1. The Morgan fingerprint density at radius 3 is 2.60 bits per heavy atom. The number of benzene rings is 1. The first-order valence-electron chi connectivity index (χ1n) is 6.88. The van der Waals surface area contributed by atoms with Crippen LogP contribution in [0.3, 0.4) is 0 Å². The maximum absolute atomic E-state index is 12.7. The summed E-state index contributed by atoms with van der Waals surface area (Å²) in [5.41, 5.74) is 3.02. The van der Waals surface area contributed by atoms with Gasteiger partial charge in [0.05, 0.1) is 0 Å². The minimum Gasteiger partial charge on any atom is -0.388 e. The Labute approximate surface area is 123 Å². The quantitative estimate of drug-likeness (QED) is 0.911. The lowest BCUT2D eigenvalue weighted by Gasteiger charge is -2.22. The lowest BCUT2D eigenvalue weighted by molar-refractivity contribution is 0.0730. The molecule has 0 aliphatic heterocycles. The van der Waals surface area contributed by atoms with E-state index >= 15 is 0 Å². The summed E-state index contributed by atoms with van der Waals surface area (Å²) in [6.45, 7) is 0.723. The van der Waals surface area contributed by atoms with Crippen LogP contribution in [0.4, 0.5) is 5.69 Å². The number of hydrogen-bond donors (Lipinski definition) is 1. The van der Waals surface area contributed by atoms with Crippen molar-refractivity contribution in [1.82, 2.24) is 4.90 Å². The smallest absolute Gasteiger partial charge is 0.254 e. The highest BCUT2D eigenvalue weighted by atomic mass is 32.1. The molecule has 1 heterocycles. The van der Waals surface area contributed by atoms with E-state index in [4.69, 9.17) is 0 Å². The summed E-state index contributed by atoms with van der Waals surface area (Å²) in [6.07, 6.45) is 2.26. The largest absolute Gasteiger partial charge is 0.388 e. The Morgan fingerprint density at radius 2 is 2.05 bits per heavy atom. The number of nitrogens with one attached hydrogen (secondary N) is 1. The van der Waals surface area contributed by atoms with Gasteiger partial charge < -0.3 is 10.2 Å². The van der Waals surface area contributed by atoms with Crippen LogP contribution in [0.5, 0.6) is 0 Å². The van der Waals surface area contributed by atoms with Gasteiger partial charge in [0.25, 0.3) is 5.91 Å². The third-order valence-corrected chi connectivity index (χ3v) is 4.33. The zero-order chi connectivity index (χ0) is 13.9. The average molecular weight is 286 g/mol. The van der Waals surface area contributed by atoms with Gasteiger partial charge in [0.15, 0.2) is 0 Å². The average Bonchev–Trinajstić information content (AvgIpc) is 3.21. The molecule has 104 valence electrons. The van der Waals surface area contributed by atoms with Crippen molar-refractivity contribution in [2.24, 2.45) is 0 Å². The number of thiophene rings is 1. The highest BCUT2D eigenvalue weighted by Gasteiger charge is 2.33. The molecule has 1 saturated carbocycles. The fourth-order valence-corrected chi connectivity index (χ4v) is 2.94. The SMILES string of the molecule is CNc1ccc(C(=O)N(Cc2ccsc2)C2CC2)cc1. The van der Waals surface area contributed by atoms with Crippen molar-refractivity contribution >= 4 is 22.9 Å². The molecule has 0 radical (unpaired) electrons. The molecule has 3 rings (SSSR count). The van der Waals surface area contributed by atoms with Gasteiger partial charge in [-0.1, -0.05) is 0 Å². The normalized spacial score (nSPS) is 14.1. The van der Waals surface area contributed by atoms with Gasteiger partial charge in [0, 0.05) is 30.9 Å². The third-order valence-electron chi connectivity index (χ3n) is 3.60. The molecule has 0 atom stereocenters. The van der Waals surface area contributed by atoms with Crippen molar-refractivity contribution in [3.05, 3.63) is 52.2 Å². The maximum atomic E-state index is 12.7. The Bertz CT molecular complexity index is 573. The van der Waals surface area contributed by atoms with Crippen LogP contribution in [0.1, 0.15) is 28.8 Å². The van der Waals surface area contributed by atoms with Gasteiger partial charge in [0.2, 0.25) is 0 Å². The predicted molar refractivity (Wildman–Crippen MR) is 83.2 cm³/mol. The highest BCUT2D eigenvalue weighted by molar-refractivity contribution is 7.07. The van der Waals surface area contributed by atoms with E-state index < -0.39 is 0 Å². The number of carbonyl (C=O) groups excluding carboxylic acids is 1. The van der Waals surface area contributed by atoms with Crippen molar-refractivity contribution in [3.8, 4) is 0 Å². The van der Waals surface area contributed by atoms with Crippen LogP contribution in [0, 0.1) is 0 Å². The van der Waals surface area contributed by atoms with E-state index in [2.05, 4.69) is 22.1 Å². The van der Waals surface area contributed by atoms with Gasteiger partial charge in [-0.25, -0.2) is 0 Å². The minimum atomic E-state index is 0.140. The Balaban J connectivity index is 1.77. The number of carbonyl (C=O) groups is 1. The van der Waals surface area contributed by atoms with Gasteiger partial charge in [-0.05, 0) is 59.5 Å². The standard InChI is InChI=1S/C16H18N2OS/c1-17-14-4-2-13(3-5-14)16(19)18(15-6-7-15)10-12-8-9-20-11-12/h2-5,8-9,11,15,17H,6-7,10H2,1H3. The second kappa shape index (κ2) is 5.67. The zero-order valence-electron chi connectivity index (χ0n) is 11.5. The molecule has 1 aromatic heterocycles. The monoisotopic (exact) mass is 286 g/mol. The van der Waals surface area contributed by atoms with Crippen LogP contribution in [0.2, 0.25) is 0 Å². The van der Waals surface area contributed by atoms with Crippen molar-refractivity contribution in [1.29, 1.82) is 0 Å². The first-order chi connectivity index (χ1) is 9.78. The van der Waals surface area contributed by atoms with E-state index in [0.717, 1.165) is 30.6 Å². The van der Waals surface area contributed by atoms with E-state index in [1.807, 2.05) is 36.2 Å². The summed E-state index contributed by atoms with van der Waals surface area (Å²) in [7, 11) is 1.88. The van der Waals surface area contributed by atoms with Gasteiger partial charge in [-0.3, -0.25) is 4.79 Å². The molecule has 3 nitrogen and oxygen atoms in total. The molecule has 0 unspecified atom stereocenters. The van der Waals surface area contributed by atoms with Crippen LogP contribution in [-0.4, -0.2) is 23.9 Å². The molecular formula is C16H18N2OS. The van der Waals surface area contributed by atoms with E-state index in [0.29, 0.717) is 6.04 Å². The van der Waals surface area contributed by atoms with Crippen molar-refractivity contribution in [2.75, 3.05) is 12.4 Å². The van der Waals surface area contributed by atoms with Crippen molar-refractivity contribution in [3.63, 3.8) is 0 Å². The van der Waals surface area contributed by atoms with Gasteiger partial charge >= 0.3 is 0 Å². The topological polar surface area (TPSA) is 32.3 Å². The predicted octanol–water partition coefficient (Wildman–Crippen LogP) is 3.59. The van der Waals surface area contributed by atoms with Crippen molar-refractivity contribution < 1.29 is 4.79 Å². The Morgan fingerprint density at radius 1 is 1.30 bits per heavy atom. The van der Waals surface area contributed by atoms with Gasteiger partial charge in [-0.2, -0.15) is 11.3 Å². The second-order valence-electron chi connectivity index (χ2n) is 5.12. The first kappa shape index (κ1) is 13.2. The summed E-state index contributed by atoms with van der Waals surface area (Å²) < 4.78 is 0. The Hall–Kier alpha value is -1.81. The van der Waals surface area contributed by atoms with E-state index in [9.17, 15) is 4.79 Å². The summed E-state index contributed by atoms with van der Waals surface area (Å²) in [5, 5.41) is 7.25. The molecule has 0 bridgehead atoms. The number of nitrogens with zero attached hydrogens (tertiary/aromatic N) is 1. The lowest BCUT2D eigenvalue weighted by atomic mass is 10.1. The number of rotatable bonds is 5. The third kappa shape index (κ3) is 2.85. The summed E-state index contributed by atoms with van der Waals surface area (Å²) >= 11 is 1.68. The lowest BCUT2D eigenvalue weighted by Crippen LogP contribution is -2.32. The molecule has 20 heavy (non-hydrogen) atoms. The summed E-state index contributed by atoms with van der Waals surface area (Å²) in [6, 6.07) is 10.2. The van der Waals surface area contributed by atoms with E-state index in [-0.39, 0.29) is 5.91 Å². The molecule has 1 fully saturated rings. The molecule has 0 spiro atoms. The summed E-state index contributed by atoms with van der Waals surface area (Å²) in [4.78, 5) is 14.7. The van der Waals surface area contributed by atoms with E-state index in [1.54, 1.807) is 11.3 Å². The number of hydrogen-bond acceptors (Lipinski definition) is 3. The molecule has 1 amide bonds.